The van der Waals surface area contributed by atoms with Crippen LogP contribution in [0.1, 0.15) is 148 Å². The molecule has 0 heterocycles. The highest BCUT2D eigenvalue weighted by molar-refractivity contribution is 7.45. The first-order valence-corrected chi connectivity index (χ1v) is 23.9. The van der Waals surface area contributed by atoms with Gasteiger partial charge < -0.3 is 33.0 Å². The van der Waals surface area contributed by atoms with Crippen molar-refractivity contribution in [2.75, 3.05) is 54.1 Å². The van der Waals surface area contributed by atoms with Crippen LogP contribution in [0.3, 0.4) is 0 Å². The molecule has 0 bridgehead atoms. The van der Waals surface area contributed by atoms with Crippen LogP contribution in [0.25, 0.3) is 0 Å². The monoisotopic (exact) mass is 848 g/mol. The van der Waals surface area contributed by atoms with Crippen LogP contribution in [-0.4, -0.2) is 81.7 Å². The fraction of sp³-hybridized carbons (Fsp3) is 0.667. The molecule has 11 heteroatoms. The number of ether oxygens (including phenoxy) is 2. The second-order valence-electron chi connectivity index (χ2n) is 15.8. The predicted molar refractivity (Wildman–Crippen MR) is 242 cm³/mol. The Balaban J connectivity index is 4.54. The molecule has 0 saturated heterocycles. The summed E-state index contributed by atoms with van der Waals surface area (Å²) in [5.74, 6) is -0.984. The molecule has 0 spiro atoms. The predicted octanol–water partition coefficient (Wildman–Crippen LogP) is 11.1. The molecule has 338 valence electrons. The summed E-state index contributed by atoms with van der Waals surface area (Å²) in [5.41, 5.74) is 0. The number of unbranched alkanes of at least 4 members (excludes halogenated alkanes) is 11. The summed E-state index contributed by atoms with van der Waals surface area (Å²) in [7, 11) is 1.07. The Bertz CT molecular complexity index is 1280. The average Bonchev–Trinajstić information content (AvgIpc) is 3.19. The Morgan fingerprint density at radius 1 is 0.576 bits per heavy atom. The Morgan fingerprint density at radius 3 is 1.47 bits per heavy atom. The van der Waals surface area contributed by atoms with E-state index >= 15 is 0 Å². The van der Waals surface area contributed by atoms with Crippen LogP contribution < -0.4 is 4.89 Å². The van der Waals surface area contributed by atoms with Gasteiger partial charge in [-0.15, -0.1) is 0 Å². The van der Waals surface area contributed by atoms with Crippen LogP contribution in [0.2, 0.25) is 0 Å². The zero-order chi connectivity index (χ0) is 43.6. The Kier molecular flexibility index (Phi) is 38.6. The van der Waals surface area contributed by atoms with Crippen LogP contribution in [0, 0.1) is 0 Å². The number of hydrogen-bond donors (Lipinski definition) is 1. The maximum absolute atomic E-state index is 12.7. The van der Waals surface area contributed by atoms with Crippen molar-refractivity contribution in [1.82, 2.24) is 0 Å². The van der Waals surface area contributed by atoms with Crippen molar-refractivity contribution in [1.29, 1.82) is 0 Å². The van der Waals surface area contributed by atoms with Gasteiger partial charge in [-0.2, -0.15) is 0 Å². The van der Waals surface area contributed by atoms with Gasteiger partial charge in [0, 0.05) is 19.4 Å². The van der Waals surface area contributed by atoms with Crippen molar-refractivity contribution in [2.24, 2.45) is 0 Å². The highest BCUT2D eigenvalue weighted by atomic mass is 31.2. The van der Waals surface area contributed by atoms with Gasteiger partial charge in [-0.1, -0.05) is 131 Å². The third kappa shape index (κ3) is 44.5. The molecule has 0 aliphatic carbocycles. The summed E-state index contributed by atoms with van der Waals surface area (Å²) < 4.78 is 33.7. The van der Waals surface area contributed by atoms with Gasteiger partial charge in [0.05, 0.1) is 27.7 Å². The van der Waals surface area contributed by atoms with Gasteiger partial charge in [0.15, 0.2) is 6.10 Å². The topological polar surface area (TPSA) is 131 Å². The van der Waals surface area contributed by atoms with Gasteiger partial charge in [0.2, 0.25) is 0 Å². The zero-order valence-electron chi connectivity index (χ0n) is 37.4. The minimum atomic E-state index is -4.66. The van der Waals surface area contributed by atoms with E-state index in [-0.39, 0.29) is 32.7 Å². The standard InChI is InChI=1S/C48H82NO9P/c1-5-6-7-8-9-10-11-12-13-15-19-22-25-28-31-34-37-40-48(52)58-46(45-57-59(53,54)56-43-41-49(2,3)4)44-55-47(51)39-36-33-30-27-24-21-18-16-14-17-20-23-26-29-32-35-38-42-50/h12-14,17-19,21-23,26-28,30-31,46,50H,5-11,15-16,20,24-25,29,32-45H2,1-4H3/b13-12-,17-14-,21-18-,22-19-,26-23-,30-27-,31-28-/t46-/m1/s1. The minimum Gasteiger partial charge on any atom is -0.756 e. The second kappa shape index (κ2) is 40.6. The second-order valence-corrected chi connectivity index (χ2v) is 17.2. The fourth-order valence-corrected chi connectivity index (χ4v) is 6.13. The first kappa shape index (κ1) is 56.1. The summed E-state index contributed by atoms with van der Waals surface area (Å²) >= 11 is 0. The lowest BCUT2D eigenvalue weighted by Gasteiger charge is -2.28. The molecule has 2 atom stereocenters. The van der Waals surface area contributed by atoms with E-state index in [0.717, 1.165) is 64.2 Å². The van der Waals surface area contributed by atoms with Crippen molar-refractivity contribution in [3.8, 4) is 0 Å². The maximum Gasteiger partial charge on any atom is 0.306 e. The van der Waals surface area contributed by atoms with E-state index in [1.54, 1.807) is 0 Å². The maximum atomic E-state index is 12.7. The molecule has 0 aliphatic rings. The number of carbonyl (C=O) groups is 2. The molecule has 0 fully saturated rings. The van der Waals surface area contributed by atoms with Gasteiger partial charge in [-0.25, -0.2) is 0 Å². The number of aliphatic hydroxyl groups excluding tert-OH is 1. The van der Waals surface area contributed by atoms with Gasteiger partial charge >= 0.3 is 11.9 Å². The van der Waals surface area contributed by atoms with E-state index in [9.17, 15) is 19.0 Å². The third-order valence-corrected chi connectivity index (χ3v) is 9.91. The number of esters is 2. The van der Waals surface area contributed by atoms with Crippen LogP contribution in [-0.2, 0) is 32.7 Å². The molecule has 0 aromatic heterocycles. The lowest BCUT2D eigenvalue weighted by atomic mass is 10.1. The van der Waals surface area contributed by atoms with E-state index in [0.29, 0.717) is 36.7 Å². The molecule has 0 aromatic carbocycles. The number of likely N-dealkylation sites (N-methyl/N-ethyl adjacent to an activating group) is 1. The molecule has 1 unspecified atom stereocenters. The first-order chi connectivity index (χ1) is 28.5. The number of aliphatic hydroxyl groups is 1. The lowest BCUT2D eigenvalue weighted by molar-refractivity contribution is -0.870. The lowest BCUT2D eigenvalue weighted by Crippen LogP contribution is -2.37. The molecule has 0 aliphatic heterocycles. The Hall–Kier alpha value is -2.85. The van der Waals surface area contributed by atoms with Crippen LogP contribution in [0.15, 0.2) is 85.1 Å². The van der Waals surface area contributed by atoms with E-state index in [4.69, 9.17) is 23.6 Å². The van der Waals surface area contributed by atoms with Crippen LogP contribution in [0.4, 0.5) is 0 Å². The van der Waals surface area contributed by atoms with Gasteiger partial charge in [-0.3, -0.25) is 14.2 Å². The van der Waals surface area contributed by atoms with Crippen molar-refractivity contribution in [3.05, 3.63) is 85.1 Å². The largest absolute Gasteiger partial charge is 0.756 e. The smallest absolute Gasteiger partial charge is 0.306 e. The first-order valence-electron chi connectivity index (χ1n) is 22.4. The molecule has 0 rings (SSSR count). The number of quaternary nitrogens is 1. The van der Waals surface area contributed by atoms with E-state index in [2.05, 4.69) is 79.8 Å². The molecule has 1 N–H and O–H groups in total. The van der Waals surface area contributed by atoms with E-state index < -0.39 is 32.5 Å². The summed E-state index contributed by atoms with van der Waals surface area (Å²) in [6, 6.07) is 0. The number of allylic oxidation sites excluding steroid dienone is 14. The summed E-state index contributed by atoms with van der Waals surface area (Å²) in [6.07, 6.45) is 49.3. The highest BCUT2D eigenvalue weighted by Crippen LogP contribution is 2.38. The number of rotatable bonds is 40. The SMILES string of the molecule is CCCCCCCC/C=C\C/C=C\C/C=C\CCCC(=O)O[C@H](COC(=O)CCC/C=C\C/C=C\C/C=C\C/C=C\CCCCCO)COP(=O)([O-])OCC[N+](C)(C)C. The zero-order valence-corrected chi connectivity index (χ0v) is 38.3. The molecule has 10 nitrogen and oxygen atoms in total. The van der Waals surface area contributed by atoms with Gasteiger partial charge in [0.1, 0.15) is 19.8 Å². The van der Waals surface area contributed by atoms with Gasteiger partial charge in [0.25, 0.3) is 7.82 Å². The number of phosphoric acid groups is 1. The number of nitrogens with zero attached hydrogens (tertiary/aromatic N) is 1. The molecule has 59 heavy (non-hydrogen) atoms. The van der Waals surface area contributed by atoms with Crippen molar-refractivity contribution >= 4 is 19.8 Å². The van der Waals surface area contributed by atoms with Crippen molar-refractivity contribution in [2.45, 2.75) is 154 Å². The van der Waals surface area contributed by atoms with E-state index in [1.807, 2.05) is 33.3 Å². The highest BCUT2D eigenvalue weighted by Gasteiger charge is 2.21. The number of hydrogen-bond acceptors (Lipinski definition) is 9. The average molecular weight is 848 g/mol. The molecular weight excluding hydrogens is 766 g/mol. The summed E-state index contributed by atoms with van der Waals surface area (Å²) in [5, 5.41) is 8.80. The quantitative estimate of drug-likeness (QED) is 0.0210. The van der Waals surface area contributed by atoms with Crippen molar-refractivity contribution in [3.63, 3.8) is 0 Å². The number of carbonyl (C=O) groups excluding carboxylic acids is 2. The summed E-state index contributed by atoms with van der Waals surface area (Å²) in [4.78, 5) is 37.5. The minimum absolute atomic E-state index is 0.0575. The molecule has 0 radical (unpaired) electrons. The van der Waals surface area contributed by atoms with E-state index in [1.165, 1.54) is 38.5 Å². The molecular formula is C48H82NO9P. The van der Waals surface area contributed by atoms with Crippen LogP contribution >= 0.6 is 7.82 Å². The third-order valence-electron chi connectivity index (χ3n) is 8.94. The normalized spacial score (nSPS) is 14.3. The Labute approximate surface area is 359 Å². The molecule has 0 aromatic rings. The summed E-state index contributed by atoms with van der Waals surface area (Å²) in [6.45, 7) is 2.08. The Morgan fingerprint density at radius 2 is 1.00 bits per heavy atom. The number of phosphoric ester groups is 1. The van der Waals surface area contributed by atoms with Crippen molar-refractivity contribution < 1.29 is 47.2 Å². The fourth-order valence-electron chi connectivity index (χ4n) is 5.41. The van der Waals surface area contributed by atoms with Gasteiger partial charge in [-0.05, 0) is 89.9 Å². The molecule has 0 saturated carbocycles. The van der Waals surface area contributed by atoms with Crippen LogP contribution in [0.5, 0.6) is 0 Å². The molecule has 0 amide bonds.